The van der Waals surface area contributed by atoms with E-state index in [1.54, 1.807) is 0 Å². The van der Waals surface area contributed by atoms with Crippen LogP contribution in [0.3, 0.4) is 0 Å². The van der Waals surface area contributed by atoms with E-state index in [9.17, 15) is 4.79 Å². The molecule has 0 aromatic carbocycles. The minimum absolute atomic E-state index is 0.180. The molecule has 4 heteroatoms. The van der Waals surface area contributed by atoms with Gasteiger partial charge in [0, 0.05) is 12.6 Å². The summed E-state index contributed by atoms with van der Waals surface area (Å²) >= 11 is 1.28. The summed E-state index contributed by atoms with van der Waals surface area (Å²) in [5.41, 5.74) is 1.05. The Balaban J connectivity index is 2.62. The van der Waals surface area contributed by atoms with E-state index in [0.29, 0.717) is 17.5 Å². The highest BCUT2D eigenvalue weighted by Gasteiger charge is 2.20. The molecule has 0 amide bonds. The molecule has 1 aromatic heterocycles. The highest BCUT2D eigenvalue weighted by atomic mass is 32.1. The van der Waals surface area contributed by atoms with Crippen molar-refractivity contribution >= 4 is 17.3 Å². The lowest BCUT2D eigenvalue weighted by molar-refractivity contribution is 0.0701. The summed E-state index contributed by atoms with van der Waals surface area (Å²) in [5, 5.41) is 14.1. The number of carboxylic acid groups (broad SMARTS) is 1. The molecule has 0 aliphatic carbocycles. The zero-order chi connectivity index (χ0) is 12.3. The Morgan fingerprint density at radius 3 is 2.69 bits per heavy atom. The van der Waals surface area contributed by atoms with E-state index in [-0.39, 0.29) is 5.41 Å². The quantitative estimate of drug-likeness (QED) is 0.852. The first-order valence-corrected chi connectivity index (χ1v) is 6.23. The SMILES string of the molecule is CC(NCc1ccsc1C(=O)O)C(C)(C)C. The first kappa shape index (κ1) is 13.2. The van der Waals surface area contributed by atoms with E-state index in [1.807, 2.05) is 11.4 Å². The molecule has 0 saturated heterocycles. The van der Waals surface area contributed by atoms with Crippen molar-refractivity contribution in [3.63, 3.8) is 0 Å². The van der Waals surface area contributed by atoms with Crippen LogP contribution in [0.4, 0.5) is 0 Å². The first-order chi connectivity index (χ1) is 7.32. The van der Waals surface area contributed by atoms with E-state index in [2.05, 4.69) is 33.0 Å². The average Bonchev–Trinajstić information content (AvgIpc) is 2.60. The highest BCUT2D eigenvalue weighted by Crippen LogP contribution is 2.21. The van der Waals surface area contributed by atoms with Crippen LogP contribution in [0.15, 0.2) is 11.4 Å². The number of rotatable bonds is 4. The van der Waals surface area contributed by atoms with Crippen molar-refractivity contribution in [1.82, 2.24) is 5.32 Å². The number of aromatic carboxylic acids is 1. The van der Waals surface area contributed by atoms with Gasteiger partial charge >= 0.3 is 5.97 Å². The smallest absolute Gasteiger partial charge is 0.346 e. The van der Waals surface area contributed by atoms with Crippen molar-refractivity contribution in [2.45, 2.75) is 40.3 Å². The molecule has 16 heavy (non-hydrogen) atoms. The Hall–Kier alpha value is -0.870. The maximum absolute atomic E-state index is 10.9. The number of nitrogens with one attached hydrogen (secondary N) is 1. The van der Waals surface area contributed by atoms with E-state index in [4.69, 9.17) is 5.11 Å². The summed E-state index contributed by atoms with van der Waals surface area (Å²) in [6.07, 6.45) is 0. The fraction of sp³-hybridized carbons (Fsp3) is 0.583. The summed E-state index contributed by atoms with van der Waals surface area (Å²) in [6.45, 7) is 9.22. The van der Waals surface area contributed by atoms with Crippen LogP contribution in [-0.2, 0) is 6.54 Å². The molecule has 0 spiro atoms. The van der Waals surface area contributed by atoms with Crippen LogP contribution in [0, 0.1) is 5.41 Å². The second kappa shape index (κ2) is 4.97. The summed E-state index contributed by atoms with van der Waals surface area (Å²) in [5.74, 6) is -0.838. The fourth-order valence-electron chi connectivity index (χ4n) is 1.23. The second-order valence-electron chi connectivity index (χ2n) is 5.05. The number of carboxylic acids is 1. The lowest BCUT2D eigenvalue weighted by Gasteiger charge is -2.28. The molecule has 1 rings (SSSR count). The van der Waals surface area contributed by atoms with Gasteiger partial charge in [0.2, 0.25) is 0 Å². The van der Waals surface area contributed by atoms with Crippen molar-refractivity contribution in [3.05, 3.63) is 21.9 Å². The van der Waals surface area contributed by atoms with Gasteiger partial charge in [0.05, 0.1) is 0 Å². The zero-order valence-electron chi connectivity index (χ0n) is 10.2. The van der Waals surface area contributed by atoms with Gasteiger partial charge in [-0.15, -0.1) is 11.3 Å². The van der Waals surface area contributed by atoms with Crippen LogP contribution < -0.4 is 5.32 Å². The molecular formula is C12H19NO2S. The summed E-state index contributed by atoms with van der Waals surface area (Å²) in [6, 6.07) is 2.21. The maximum atomic E-state index is 10.9. The zero-order valence-corrected chi connectivity index (χ0v) is 11.0. The van der Waals surface area contributed by atoms with E-state index in [0.717, 1.165) is 5.56 Å². The van der Waals surface area contributed by atoms with Crippen molar-refractivity contribution < 1.29 is 9.90 Å². The van der Waals surface area contributed by atoms with Gasteiger partial charge < -0.3 is 10.4 Å². The largest absolute Gasteiger partial charge is 0.477 e. The number of hydrogen-bond acceptors (Lipinski definition) is 3. The van der Waals surface area contributed by atoms with E-state index < -0.39 is 5.97 Å². The van der Waals surface area contributed by atoms with Crippen molar-refractivity contribution in [2.75, 3.05) is 0 Å². The normalized spacial score (nSPS) is 13.8. The van der Waals surface area contributed by atoms with Gasteiger partial charge in [0.1, 0.15) is 4.88 Å². The molecule has 2 N–H and O–H groups in total. The second-order valence-corrected chi connectivity index (χ2v) is 5.96. The molecule has 1 atom stereocenters. The molecule has 0 bridgehead atoms. The van der Waals surface area contributed by atoms with Crippen molar-refractivity contribution in [1.29, 1.82) is 0 Å². The standard InChI is InChI=1S/C12H19NO2S/c1-8(12(2,3)4)13-7-9-5-6-16-10(9)11(14)15/h5-6,8,13H,7H2,1-4H3,(H,14,15). The molecule has 1 unspecified atom stereocenters. The van der Waals surface area contributed by atoms with E-state index in [1.165, 1.54) is 11.3 Å². The minimum Gasteiger partial charge on any atom is -0.477 e. The molecule has 0 aliphatic heterocycles. The lowest BCUT2D eigenvalue weighted by atomic mass is 9.88. The number of hydrogen-bond donors (Lipinski definition) is 2. The molecule has 0 aliphatic rings. The van der Waals surface area contributed by atoms with Gasteiger partial charge in [-0.25, -0.2) is 4.79 Å². The van der Waals surface area contributed by atoms with Gasteiger partial charge in [0.15, 0.2) is 0 Å². The number of thiophene rings is 1. The maximum Gasteiger partial charge on any atom is 0.346 e. The predicted molar refractivity (Wildman–Crippen MR) is 67.0 cm³/mol. The molecule has 0 radical (unpaired) electrons. The van der Waals surface area contributed by atoms with Crippen LogP contribution in [0.2, 0.25) is 0 Å². The molecule has 0 fully saturated rings. The van der Waals surface area contributed by atoms with Gasteiger partial charge in [0.25, 0.3) is 0 Å². The molecule has 1 heterocycles. The lowest BCUT2D eigenvalue weighted by Crippen LogP contribution is -2.37. The fourth-order valence-corrected chi connectivity index (χ4v) is 1.99. The highest BCUT2D eigenvalue weighted by molar-refractivity contribution is 7.12. The Morgan fingerprint density at radius 2 is 2.19 bits per heavy atom. The van der Waals surface area contributed by atoms with Gasteiger partial charge in [-0.05, 0) is 29.3 Å². The Kier molecular flexibility index (Phi) is 4.10. The summed E-state index contributed by atoms with van der Waals surface area (Å²) < 4.78 is 0. The predicted octanol–water partition coefficient (Wildman–Crippen LogP) is 2.97. The Labute approximate surface area is 100 Å². The van der Waals surface area contributed by atoms with Crippen LogP contribution in [-0.4, -0.2) is 17.1 Å². The van der Waals surface area contributed by atoms with Crippen LogP contribution in [0.25, 0.3) is 0 Å². The third-order valence-electron chi connectivity index (χ3n) is 2.84. The summed E-state index contributed by atoms with van der Waals surface area (Å²) in [4.78, 5) is 11.3. The monoisotopic (exact) mass is 241 g/mol. The number of carbonyl (C=O) groups is 1. The third kappa shape index (κ3) is 3.32. The topological polar surface area (TPSA) is 49.3 Å². The van der Waals surface area contributed by atoms with Gasteiger partial charge in [-0.3, -0.25) is 0 Å². The Bertz CT molecular complexity index is 365. The first-order valence-electron chi connectivity index (χ1n) is 5.35. The molecule has 1 aromatic rings. The van der Waals surface area contributed by atoms with E-state index >= 15 is 0 Å². The molecule has 0 saturated carbocycles. The van der Waals surface area contributed by atoms with Crippen LogP contribution in [0.1, 0.15) is 42.9 Å². The minimum atomic E-state index is -0.838. The summed E-state index contributed by atoms with van der Waals surface area (Å²) in [7, 11) is 0. The third-order valence-corrected chi connectivity index (χ3v) is 3.78. The van der Waals surface area contributed by atoms with Crippen molar-refractivity contribution in [3.8, 4) is 0 Å². The van der Waals surface area contributed by atoms with Crippen LogP contribution in [0.5, 0.6) is 0 Å². The molecular weight excluding hydrogens is 222 g/mol. The van der Waals surface area contributed by atoms with Crippen molar-refractivity contribution in [2.24, 2.45) is 5.41 Å². The van der Waals surface area contributed by atoms with Crippen LogP contribution >= 0.6 is 11.3 Å². The van der Waals surface area contributed by atoms with Gasteiger partial charge in [-0.1, -0.05) is 20.8 Å². The van der Waals surface area contributed by atoms with Gasteiger partial charge in [-0.2, -0.15) is 0 Å². The average molecular weight is 241 g/mol. The Morgan fingerprint density at radius 1 is 1.56 bits per heavy atom. The molecule has 90 valence electrons. The molecule has 3 nitrogen and oxygen atoms in total.